The van der Waals surface area contributed by atoms with Crippen LogP contribution in [0, 0.1) is 0 Å². The van der Waals surface area contributed by atoms with Gasteiger partial charge in [-0.3, -0.25) is 14.9 Å². The molecule has 0 bridgehead atoms. The van der Waals surface area contributed by atoms with Crippen molar-refractivity contribution in [1.82, 2.24) is 4.98 Å². The highest BCUT2D eigenvalue weighted by Gasteiger charge is 2.09. The first-order chi connectivity index (χ1) is 10.6. The van der Waals surface area contributed by atoms with Gasteiger partial charge < -0.3 is 9.47 Å². The molecule has 116 valence electrons. The fourth-order valence-electron chi connectivity index (χ4n) is 1.60. The van der Waals surface area contributed by atoms with Gasteiger partial charge in [0.2, 0.25) is 0 Å². The number of anilines is 1. The van der Waals surface area contributed by atoms with Crippen LogP contribution in [-0.4, -0.2) is 29.9 Å². The maximum absolute atomic E-state index is 11.8. The Morgan fingerprint density at radius 1 is 1.18 bits per heavy atom. The van der Waals surface area contributed by atoms with Crippen molar-refractivity contribution < 1.29 is 19.1 Å². The number of nitrogens with zero attached hydrogens (tertiary/aromatic N) is 1. The molecule has 0 fully saturated rings. The molecule has 0 saturated carbocycles. The highest BCUT2D eigenvalue weighted by atomic mass is 32.1. The molecule has 1 N–H and O–H groups in total. The number of Topliss-reactive ketones (excluding diaryl/α,β-unsaturated/α-hetero) is 1. The van der Waals surface area contributed by atoms with E-state index in [9.17, 15) is 9.59 Å². The average Bonchev–Trinajstić information content (AvgIpc) is 2.95. The van der Waals surface area contributed by atoms with Crippen LogP contribution in [0.5, 0.6) is 11.5 Å². The van der Waals surface area contributed by atoms with E-state index in [4.69, 9.17) is 9.47 Å². The highest BCUT2D eigenvalue weighted by Crippen LogP contribution is 2.18. The molecule has 0 spiro atoms. The predicted octanol–water partition coefficient (Wildman–Crippen LogP) is 2.76. The Morgan fingerprint density at radius 3 is 2.36 bits per heavy atom. The molecule has 0 atom stereocenters. The lowest BCUT2D eigenvalue weighted by Crippen LogP contribution is -2.20. The number of nitrogens with one attached hydrogen (secondary N) is 1. The Hall–Kier alpha value is -2.41. The van der Waals surface area contributed by atoms with E-state index in [2.05, 4.69) is 10.3 Å². The molecule has 0 aliphatic rings. The Bertz CT molecular complexity index is 652. The topological polar surface area (TPSA) is 77.5 Å². The predicted molar refractivity (Wildman–Crippen MR) is 83.9 cm³/mol. The third-order valence-electron chi connectivity index (χ3n) is 2.62. The van der Waals surface area contributed by atoms with Gasteiger partial charge in [-0.25, -0.2) is 4.98 Å². The summed E-state index contributed by atoms with van der Waals surface area (Å²) >= 11 is 1.20. The summed E-state index contributed by atoms with van der Waals surface area (Å²) in [4.78, 5) is 26.9. The number of thiazole rings is 1. The molecule has 22 heavy (non-hydrogen) atoms. The second kappa shape index (κ2) is 7.56. The monoisotopic (exact) mass is 320 g/mol. The van der Waals surface area contributed by atoms with Crippen LogP contribution < -0.4 is 14.8 Å². The van der Waals surface area contributed by atoms with Crippen molar-refractivity contribution in [3.63, 3.8) is 0 Å². The smallest absolute Gasteiger partial charge is 0.264 e. The van der Waals surface area contributed by atoms with Crippen molar-refractivity contribution in [1.29, 1.82) is 0 Å². The van der Waals surface area contributed by atoms with Crippen LogP contribution in [0.3, 0.4) is 0 Å². The third kappa shape index (κ3) is 4.56. The van der Waals surface area contributed by atoms with E-state index in [1.54, 1.807) is 29.6 Å². The normalized spacial score (nSPS) is 10.1. The maximum Gasteiger partial charge on any atom is 0.264 e. The summed E-state index contributed by atoms with van der Waals surface area (Å²) in [6.07, 6.45) is 0. The van der Waals surface area contributed by atoms with Gasteiger partial charge in [0.1, 0.15) is 17.2 Å². The summed E-state index contributed by atoms with van der Waals surface area (Å²) in [5.74, 6) is 0.849. The molecule has 0 aliphatic heterocycles. The molecular formula is C15H16N2O4S. The molecule has 1 amide bonds. The Kier molecular flexibility index (Phi) is 5.48. The Labute approximate surface area is 132 Å². The van der Waals surface area contributed by atoms with Crippen molar-refractivity contribution >= 4 is 28.2 Å². The van der Waals surface area contributed by atoms with Crippen molar-refractivity contribution in [2.45, 2.75) is 13.8 Å². The highest BCUT2D eigenvalue weighted by molar-refractivity contribution is 7.14. The first kappa shape index (κ1) is 16.0. The summed E-state index contributed by atoms with van der Waals surface area (Å²) in [6.45, 7) is 3.79. The molecule has 2 aromatic rings. The lowest BCUT2D eigenvalue weighted by molar-refractivity contribution is -0.118. The Balaban J connectivity index is 1.82. The molecule has 0 saturated heterocycles. The zero-order valence-electron chi connectivity index (χ0n) is 12.3. The second-order valence-corrected chi connectivity index (χ2v) is 5.19. The standard InChI is InChI=1S/C15H16N2O4S/c1-3-20-11-4-6-12(7-5-11)21-8-14(19)17-15-16-13(9-22-15)10(2)18/h4-7,9H,3,8H2,1-2H3,(H,16,17,19). The van der Waals surface area contributed by atoms with Gasteiger partial charge in [0.15, 0.2) is 17.5 Å². The molecule has 1 aromatic heterocycles. The van der Waals surface area contributed by atoms with Crippen molar-refractivity contribution in [2.24, 2.45) is 0 Å². The van der Waals surface area contributed by atoms with Crippen molar-refractivity contribution in [3.8, 4) is 11.5 Å². The number of amides is 1. The summed E-state index contributed by atoms with van der Waals surface area (Å²) in [5.41, 5.74) is 0.340. The zero-order valence-corrected chi connectivity index (χ0v) is 13.1. The SMILES string of the molecule is CCOc1ccc(OCC(=O)Nc2nc(C(C)=O)cs2)cc1. The number of carbonyl (C=O) groups is 2. The fraction of sp³-hybridized carbons (Fsp3) is 0.267. The van der Waals surface area contributed by atoms with E-state index in [1.807, 2.05) is 6.92 Å². The summed E-state index contributed by atoms with van der Waals surface area (Å²) in [6, 6.07) is 7.01. The minimum atomic E-state index is -0.335. The lowest BCUT2D eigenvalue weighted by atomic mass is 10.3. The van der Waals surface area contributed by atoms with E-state index in [-0.39, 0.29) is 18.3 Å². The minimum absolute atomic E-state index is 0.136. The Morgan fingerprint density at radius 2 is 1.82 bits per heavy atom. The second-order valence-electron chi connectivity index (χ2n) is 4.34. The van der Waals surface area contributed by atoms with E-state index >= 15 is 0 Å². The van der Waals surface area contributed by atoms with E-state index in [0.717, 1.165) is 5.75 Å². The van der Waals surface area contributed by atoms with Gasteiger partial charge in [0.05, 0.1) is 6.61 Å². The fourth-order valence-corrected chi connectivity index (χ4v) is 2.36. The largest absolute Gasteiger partial charge is 0.494 e. The van der Waals surface area contributed by atoms with Gasteiger partial charge in [-0.15, -0.1) is 11.3 Å². The van der Waals surface area contributed by atoms with Crippen molar-refractivity contribution in [2.75, 3.05) is 18.5 Å². The number of aromatic nitrogens is 1. The quantitative estimate of drug-likeness (QED) is 0.794. The van der Waals surface area contributed by atoms with E-state index < -0.39 is 0 Å². The number of hydrogen-bond donors (Lipinski definition) is 1. The first-order valence-corrected chi connectivity index (χ1v) is 7.58. The summed E-state index contributed by atoms with van der Waals surface area (Å²) in [5, 5.41) is 4.57. The number of ether oxygens (including phenoxy) is 2. The molecule has 0 aliphatic carbocycles. The summed E-state index contributed by atoms with van der Waals surface area (Å²) < 4.78 is 10.7. The molecule has 6 nitrogen and oxygen atoms in total. The number of hydrogen-bond acceptors (Lipinski definition) is 6. The maximum atomic E-state index is 11.8. The van der Waals surface area contributed by atoms with Crippen molar-refractivity contribution in [3.05, 3.63) is 35.3 Å². The van der Waals surface area contributed by atoms with Crippen LogP contribution in [0.25, 0.3) is 0 Å². The van der Waals surface area contributed by atoms with Crippen LogP contribution in [0.4, 0.5) is 5.13 Å². The van der Waals surface area contributed by atoms with Gasteiger partial charge in [-0.1, -0.05) is 0 Å². The van der Waals surface area contributed by atoms with Gasteiger partial charge in [0.25, 0.3) is 5.91 Å². The van der Waals surface area contributed by atoms with Gasteiger partial charge in [0, 0.05) is 12.3 Å². The van der Waals surface area contributed by atoms with Crippen LogP contribution in [0.15, 0.2) is 29.6 Å². The number of carbonyl (C=O) groups excluding carboxylic acids is 2. The number of rotatable bonds is 7. The molecular weight excluding hydrogens is 304 g/mol. The summed E-state index contributed by atoms with van der Waals surface area (Å²) in [7, 11) is 0. The average molecular weight is 320 g/mol. The molecule has 2 rings (SSSR count). The third-order valence-corrected chi connectivity index (χ3v) is 3.37. The molecule has 7 heteroatoms. The first-order valence-electron chi connectivity index (χ1n) is 6.70. The van der Waals surface area contributed by atoms with E-state index in [0.29, 0.717) is 23.2 Å². The van der Waals surface area contributed by atoms with E-state index in [1.165, 1.54) is 18.3 Å². The van der Waals surface area contributed by atoms with Crippen LogP contribution in [0.2, 0.25) is 0 Å². The van der Waals surface area contributed by atoms with Gasteiger partial charge >= 0.3 is 0 Å². The molecule has 1 aromatic carbocycles. The van der Waals surface area contributed by atoms with Crippen LogP contribution in [0.1, 0.15) is 24.3 Å². The van der Waals surface area contributed by atoms with Crippen LogP contribution >= 0.6 is 11.3 Å². The molecule has 0 radical (unpaired) electrons. The molecule has 1 heterocycles. The van der Waals surface area contributed by atoms with Crippen LogP contribution in [-0.2, 0) is 4.79 Å². The lowest BCUT2D eigenvalue weighted by Gasteiger charge is -2.07. The number of benzene rings is 1. The number of ketones is 1. The minimum Gasteiger partial charge on any atom is -0.494 e. The van der Waals surface area contributed by atoms with Gasteiger partial charge in [-0.05, 0) is 31.2 Å². The molecule has 0 unspecified atom stereocenters. The zero-order chi connectivity index (χ0) is 15.9. The van der Waals surface area contributed by atoms with Gasteiger partial charge in [-0.2, -0.15) is 0 Å².